The number of rotatable bonds is 0. The number of hydrogen-bond acceptors (Lipinski definition) is 10. The van der Waals surface area contributed by atoms with E-state index in [1.165, 1.54) is 6.92 Å². The molecule has 4 aliphatic heterocycles. The van der Waals surface area contributed by atoms with Crippen molar-refractivity contribution in [1.29, 1.82) is 0 Å². The molecule has 10 heteroatoms. The first-order valence-corrected chi connectivity index (χ1v) is 10.4. The van der Waals surface area contributed by atoms with Gasteiger partial charge in [0, 0.05) is 28.7 Å². The van der Waals surface area contributed by atoms with E-state index < -0.39 is 82.4 Å². The molecule has 6 aliphatic rings. The third kappa shape index (κ3) is 2.06. The van der Waals surface area contributed by atoms with Crippen molar-refractivity contribution in [3.05, 3.63) is 33.4 Å². The minimum absolute atomic E-state index is 0.0371. The van der Waals surface area contributed by atoms with Gasteiger partial charge >= 0.3 is 5.97 Å². The van der Waals surface area contributed by atoms with Crippen molar-refractivity contribution in [1.82, 2.24) is 0 Å². The fourth-order valence-electron chi connectivity index (χ4n) is 5.95. The van der Waals surface area contributed by atoms with Gasteiger partial charge in [0.1, 0.15) is 23.2 Å². The molecule has 0 unspecified atom stereocenters. The molecule has 2 saturated heterocycles. The minimum Gasteiger partial charge on any atom is -0.507 e. The Kier molecular flexibility index (Phi) is 3.70. The fraction of sp³-hybridized carbons (Fsp3) is 0.500. The van der Waals surface area contributed by atoms with Gasteiger partial charge in [0.2, 0.25) is 0 Å². The molecule has 4 heterocycles. The Morgan fingerprint density at radius 2 is 1.62 bits per heavy atom. The van der Waals surface area contributed by atoms with Gasteiger partial charge in [-0.3, -0.25) is 14.4 Å². The molecule has 2 bridgehead atoms. The maximum Gasteiger partial charge on any atom is 0.309 e. The average Bonchev–Trinajstić information content (AvgIpc) is 3.09. The molecular formula is C22H20O10. The second-order valence-corrected chi connectivity index (χ2v) is 9.00. The summed E-state index contributed by atoms with van der Waals surface area (Å²) in [5.74, 6) is -3.36. The first-order chi connectivity index (χ1) is 15.1. The lowest BCUT2D eigenvalue weighted by molar-refractivity contribution is -0.207. The molecule has 2 fully saturated rings. The summed E-state index contributed by atoms with van der Waals surface area (Å²) < 4.78 is 16.7. The van der Waals surface area contributed by atoms with Crippen LogP contribution in [0.1, 0.15) is 70.7 Å². The zero-order chi connectivity index (χ0) is 22.9. The topological polar surface area (TPSA) is 160 Å². The van der Waals surface area contributed by atoms with E-state index in [1.807, 2.05) is 0 Å². The van der Waals surface area contributed by atoms with Crippen molar-refractivity contribution in [3.63, 3.8) is 0 Å². The van der Waals surface area contributed by atoms with Crippen LogP contribution in [-0.4, -0.2) is 68.0 Å². The van der Waals surface area contributed by atoms with Gasteiger partial charge in [-0.2, -0.15) is 0 Å². The van der Waals surface area contributed by atoms with Gasteiger partial charge in [0.05, 0.1) is 42.0 Å². The van der Waals surface area contributed by atoms with E-state index in [9.17, 15) is 34.8 Å². The number of benzene rings is 1. The number of aliphatic hydroxyl groups excluding tert-OH is 1. The Bertz CT molecular complexity index is 1170. The zero-order valence-electron chi connectivity index (χ0n) is 17.1. The molecule has 4 N–H and O–H groups in total. The second-order valence-electron chi connectivity index (χ2n) is 9.00. The summed E-state index contributed by atoms with van der Waals surface area (Å²) in [5.41, 5.74) is -3.41. The highest BCUT2D eigenvalue weighted by atomic mass is 16.6. The molecule has 0 saturated carbocycles. The monoisotopic (exact) mass is 444 g/mol. The number of hydrogen-bond donors (Lipinski definition) is 4. The van der Waals surface area contributed by atoms with Crippen LogP contribution in [-0.2, 0) is 19.0 Å². The van der Waals surface area contributed by atoms with Gasteiger partial charge in [-0.05, 0) is 13.8 Å². The summed E-state index contributed by atoms with van der Waals surface area (Å²) in [6, 6.07) is 0. The molecule has 7 rings (SSSR count). The number of ketones is 2. The van der Waals surface area contributed by atoms with Crippen LogP contribution in [0.4, 0.5) is 0 Å². The molecule has 0 aromatic heterocycles. The number of phenols is 2. The summed E-state index contributed by atoms with van der Waals surface area (Å²) in [5, 5.41) is 44.0. The average molecular weight is 444 g/mol. The molecule has 0 radical (unpaired) electrons. The number of phenolic OH excluding ortho intramolecular Hbond substituents is 2. The second kappa shape index (κ2) is 5.96. The van der Waals surface area contributed by atoms with Gasteiger partial charge in [-0.1, -0.05) is 0 Å². The lowest BCUT2D eigenvalue weighted by Crippen LogP contribution is -2.66. The van der Waals surface area contributed by atoms with Crippen molar-refractivity contribution >= 4 is 17.5 Å². The number of aliphatic hydroxyl groups is 2. The number of Topliss-reactive ketones (excluding diaryl/α,β-unsaturated/α-hetero) is 2. The lowest BCUT2D eigenvalue weighted by Gasteiger charge is -2.52. The smallest absolute Gasteiger partial charge is 0.309 e. The van der Waals surface area contributed by atoms with Crippen LogP contribution in [0.2, 0.25) is 0 Å². The molecule has 0 amide bonds. The van der Waals surface area contributed by atoms with Crippen LogP contribution in [0.3, 0.4) is 0 Å². The summed E-state index contributed by atoms with van der Waals surface area (Å²) in [4.78, 5) is 39.0. The van der Waals surface area contributed by atoms with Crippen molar-refractivity contribution < 1.29 is 49.0 Å². The van der Waals surface area contributed by atoms with E-state index in [1.54, 1.807) is 6.92 Å². The van der Waals surface area contributed by atoms with E-state index >= 15 is 0 Å². The predicted molar refractivity (Wildman–Crippen MR) is 102 cm³/mol. The maximum absolute atomic E-state index is 13.6. The van der Waals surface area contributed by atoms with Crippen LogP contribution >= 0.6 is 0 Å². The largest absolute Gasteiger partial charge is 0.507 e. The standard InChI is InChI=1S/C22H20O10/c1-5-11-15(21-8(30-5)4-10(24)32-21)19(27)13-14(17(11)25)20(28)16-12(18(13)26)7-3-9(23)22(16,29)6(2)31-7/h5-9,21,23,25,27,29H,3-4H2,1-2H3/t5-,6+,7-,8-,9+,21+,22-/m0/s1. The third-order valence-corrected chi connectivity index (χ3v) is 7.41. The third-order valence-electron chi connectivity index (χ3n) is 7.41. The maximum atomic E-state index is 13.6. The van der Waals surface area contributed by atoms with Crippen LogP contribution in [0.15, 0.2) is 11.1 Å². The Morgan fingerprint density at radius 3 is 2.31 bits per heavy atom. The predicted octanol–water partition coefficient (Wildman–Crippen LogP) is 0.504. The molecule has 168 valence electrons. The molecule has 32 heavy (non-hydrogen) atoms. The SMILES string of the molecule is C[C@@H]1O[C@H]2CC(=O)O[C@H]2c2c(O)c3c(c(O)c21)C(=O)C1=C(C3=O)[C@@H]2C[C@@H](O)[C@@]1(O)[C@@H](C)O2. The van der Waals surface area contributed by atoms with Crippen molar-refractivity contribution in [2.75, 3.05) is 0 Å². The summed E-state index contributed by atoms with van der Waals surface area (Å²) in [7, 11) is 0. The van der Waals surface area contributed by atoms with Gasteiger partial charge in [-0.15, -0.1) is 0 Å². The number of esters is 1. The van der Waals surface area contributed by atoms with Crippen LogP contribution in [0.25, 0.3) is 0 Å². The number of aromatic hydroxyl groups is 2. The normalized spacial score (nSPS) is 39.4. The summed E-state index contributed by atoms with van der Waals surface area (Å²) in [6.07, 6.45) is -5.97. The number of ether oxygens (including phenoxy) is 3. The highest BCUT2D eigenvalue weighted by molar-refractivity contribution is 6.30. The van der Waals surface area contributed by atoms with Gasteiger partial charge in [0.15, 0.2) is 17.7 Å². The number of carbonyl (C=O) groups excluding carboxylic acids is 3. The molecule has 1 aromatic rings. The Morgan fingerprint density at radius 1 is 0.969 bits per heavy atom. The number of carbonyl (C=O) groups is 3. The van der Waals surface area contributed by atoms with E-state index in [0.29, 0.717) is 0 Å². The highest BCUT2D eigenvalue weighted by Gasteiger charge is 2.62. The van der Waals surface area contributed by atoms with E-state index in [2.05, 4.69) is 0 Å². The molecule has 10 nitrogen and oxygen atoms in total. The molecule has 2 aliphatic carbocycles. The minimum atomic E-state index is -2.14. The fourth-order valence-corrected chi connectivity index (χ4v) is 5.95. The summed E-state index contributed by atoms with van der Waals surface area (Å²) >= 11 is 0. The van der Waals surface area contributed by atoms with Crippen molar-refractivity contribution in [2.24, 2.45) is 0 Å². The Labute approximate surface area is 181 Å². The van der Waals surface area contributed by atoms with Crippen LogP contribution in [0.5, 0.6) is 11.5 Å². The lowest BCUT2D eigenvalue weighted by atomic mass is 9.63. The van der Waals surface area contributed by atoms with Crippen LogP contribution < -0.4 is 0 Å². The van der Waals surface area contributed by atoms with Gasteiger partial charge in [0.25, 0.3) is 0 Å². The Balaban J connectivity index is 1.64. The summed E-state index contributed by atoms with van der Waals surface area (Å²) in [6.45, 7) is 3.07. The quantitative estimate of drug-likeness (QED) is 0.328. The first kappa shape index (κ1) is 19.9. The molecule has 7 atom stereocenters. The van der Waals surface area contributed by atoms with Gasteiger partial charge in [-0.25, -0.2) is 0 Å². The van der Waals surface area contributed by atoms with Crippen molar-refractivity contribution in [3.8, 4) is 11.5 Å². The molecule has 0 spiro atoms. The van der Waals surface area contributed by atoms with E-state index in [4.69, 9.17) is 14.2 Å². The highest BCUT2D eigenvalue weighted by Crippen LogP contribution is 2.57. The first-order valence-electron chi connectivity index (χ1n) is 10.4. The van der Waals surface area contributed by atoms with E-state index in [-0.39, 0.29) is 35.1 Å². The van der Waals surface area contributed by atoms with Gasteiger partial charge < -0.3 is 34.6 Å². The zero-order valence-corrected chi connectivity index (χ0v) is 17.1. The van der Waals surface area contributed by atoms with Crippen molar-refractivity contribution in [2.45, 2.75) is 68.9 Å². The van der Waals surface area contributed by atoms with Crippen LogP contribution in [0, 0.1) is 0 Å². The van der Waals surface area contributed by atoms with E-state index in [0.717, 1.165) is 0 Å². The molecular weight excluding hydrogens is 424 g/mol. The molecule has 1 aromatic carbocycles. The number of fused-ring (bicyclic) bond motifs is 6. The Hall–Kier alpha value is -2.79.